The molecular formula is C16H32N2O. The quantitative estimate of drug-likeness (QED) is 0.718. The molecule has 0 atom stereocenters. The largest absolute Gasteiger partial charge is 0.372 e. The molecule has 3 heteroatoms. The molecule has 1 saturated carbocycles. The predicted octanol–water partition coefficient (Wildman–Crippen LogP) is 2.66. The Morgan fingerprint density at radius 2 is 1.95 bits per heavy atom. The zero-order chi connectivity index (χ0) is 13.7. The first-order valence-electron chi connectivity index (χ1n) is 8.17. The molecule has 0 spiro atoms. The highest BCUT2D eigenvalue weighted by atomic mass is 16.5. The van der Waals surface area contributed by atoms with E-state index in [2.05, 4.69) is 31.1 Å². The van der Waals surface area contributed by atoms with Crippen molar-refractivity contribution in [1.82, 2.24) is 10.2 Å². The van der Waals surface area contributed by atoms with Gasteiger partial charge in [-0.1, -0.05) is 13.8 Å². The zero-order valence-corrected chi connectivity index (χ0v) is 13.1. The van der Waals surface area contributed by atoms with Crippen molar-refractivity contribution in [2.24, 2.45) is 5.92 Å². The summed E-state index contributed by atoms with van der Waals surface area (Å²) in [5.74, 6) is 0.743. The SMILES string of the molecule is CC(C)CNCCC1(OC2CCN(C)CC2)CCC1. The van der Waals surface area contributed by atoms with E-state index < -0.39 is 0 Å². The molecule has 2 aliphatic rings. The number of nitrogens with one attached hydrogen (secondary N) is 1. The van der Waals surface area contributed by atoms with E-state index in [1.165, 1.54) is 51.6 Å². The van der Waals surface area contributed by atoms with Crippen LogP contribution < -0.4 is 5.32 Å². The molecule has 0 aromatic heterocycles. The Morgan fingerprint density at radius 3 is 2.47 bits per heavy atom. The van der Waals surface area contributed by atoms with Gasteiger partial charge in [0.15, 0.2) is 0 Å². The number of nitrogens with zero attached hydrogens (tertiary/aromatic N) is 1. The maximum absolute atomic E-state index is 6.50. The van der Waals surface area contributed by atoms with E-state index >= 15 is 0 Å². The van der Waals surface area contributed by atoms with Crippen molar-refractivity contribution in [1.29, 1.82) is 0 Å². The molecule has 2 rings (SSSR count). The first kappa shape index (κ1) is 15.3. The molecule has 1 aliphatic carbocycles. The van der Waals surface area contributed by atoms with Gasteiger partial charge >= 0.3 is 0 Å². The Bertz CT molecular complexity index is 255. The summed E-state index contributed by atoms with van der Waals surface area (Å²) in [4.78, 5) is 2.41. The molecule has 0 aromatic carbocycles. The Morgan fingerprint density at radius 1 is 1.26 bits per heavy atom. The molecule has 0 amide bonds. The van der Waals surface area contributed by atoms with Crippen molar-refractivity contribution >= 4 is 0 Å². The van der Waals surface area contributed by atoms with Crippen LogP contribution in [-0.4, -0.2) is 49.8 Å². The standard InChI is InChI=1S/C16H32N2O/c1-14(2)13-17-10-9-16(7-4-8-16)19-15-5-11-18(3)12-6-15/h14-15,17H,4-13H2,1-3H3. The molecule has 2 fully saturated rings. The highest BCUT2D eigenvalue weighted by Gasteiger charge is 2.39. The summed E-state index contributed by atoms with van der Waals surface area (Å²) in [6.07, 6.45) is 8.07. The topological polar surface area (TPSA) is 24.5 Å². The summed E-state index contributed by atoms with van der Waals surface area (Å²) in [6, 6.07) is 0. The number of rotatable bonds is 7. The number of hydrogen-bond acceptors (Lipinski definition) is 3. The molecule has 0 aromatic rings. The fourth-order valence-corrected chi connectivity index (χ4v) is 3.16. The third-order valence-corrected chi connectivity index (χ3v) is 4.66. The van der Waals surface area contributed by atoms with Gasteiger partial charge in [0.1, 0.15) is 0 Å². The van der Waals surface area contributed by atoms with E-state index in [9.17, 15) is 0 Å². The molecular weight excluding hydrogens is 236 g/mol. The fourth-order valence-electron chi connectivity index (χ4n) is 3.16. The average Bonchev–Trinajstić information content (AvgIpc) is 2.33. The summed E-state index contributed by atoms with van der Waals surface area (Å²) in [5, 5.41) is 3.56. The first-order valence-corrected chi connectivity index (χ1v) is 8.17. The molecule has 0 bridgehead atoms. The third kappa shape index (κ3) is 4.73. The molecule has 1 aliphatic heterocycles. The number of likely N-dealkylation sites (tertiary alicyclic amines) is 1. The van der Waals surface area contributed by atoms with Crippen molar-refractivity contribution in [3.05, 3.63) is 0 Å². The van der Waals surface area contributed by atoms with Gasteiger partial charge in [0.25, 0.3) is 0 Å². The molecule has 1 N–H and O–H groups in total. The van der Waals surface area contributed by atoms with Crippen LogP contribution in [-0.2, 0) is 4.74 Å². The van der Waals surface area contributed by atoms with E-state index in [4.69, 9.17) is 4.74 Å². The van der Waals surface area contributed by atoms with Crippen LogP contribution >= 0.6 is 0 Å². The van der Waals surface area contributed by atoms with Crippen LogP contribution in [0.25, 0.3) is 0 Å². The molecule has 0 unspecified atom stereocenters. The van der Waals surface area contributed by atoms with Gasteiger partial charge in [0.05, 0.1) is 11.7 Å². The minimum atomic E-state index is 0.227. The second-order valence-corrected chi connectivity index (χ2v) is 7.01. The van der Waals surface area contributed by atoms with Crippen molar-refractivity contribution < 1.29 is 4.74 Å². The van der Waals surface area contributed by atoms with Crippen molar-refractivity contribution in [3.63, 3.8) is 0 Å². The molecule has 3 nitrogen and oxygen atoms in total. The van der Waals surface area contributed by atoms with Gasteiger partial charge in [0.2, 0.25) is 0 Å². The lowest BCUT2D eigenvalue weighted by atomic mass is 9.77. The van der Waals surface area contributed by atoms with Crippen LogP contribution in [0.15, 0.2) is 0 Å². The van der Waals surface area contributed by atoms with E-state index in [-0.39, 0.29) is 5.60 Å². The van der Waals surface area contributed by atoms with Crippen LogP contribution in [0.1, 0.15) is 52.4 Å². The minimum absolute atomic E-state index is 0.227. The molecule has 112 valence electrons. The van der Waals surface area contributed by atoms with E-state index in [1.54, 1.807) is 0 Å². The summed E-state index contributed by atoms with van der Waals surface area (Å²) < 4.78 is 6.50. The number of piperidine rings is 1. The Hall–Kier alpha value is -0.120. The molecule has 1 heterocycles. The second kappa shape index (κ2) is 7.05. The predicted molar refractivity (Wildman–Crippen MR) is 80.5 cm³/mol. The molecule has 19 heavy (non-hydrogen) atoms. The number of hydrogen-bond donors (Lipinski definition) is 1. The van der Waals surface area contributed by atoms with Crippen LogP contribution in [0.4, 0.5) is 0 Å². The lowest BCUT2D eigenvalue weighted by Gasteiger charge is -2.46. The van der Waals surface area contributed by atoms with Crippen LogP contribution in [0.5, 0.6) is 0 Å². The number of ether oxygens (including phenoxy) is 1. The fraction of sp³-hybridized carbons (Fsp3) is 1.00. The monoisotopic (exact) mass is 268 g/mol. The van der Waals surface area contributed by atoms with Crippen LogP contribution in [0.2, 0.25) is 0 Å². The maximum atomic E-state index is 6.50. The van der Waals surface area contributed by atoms with Gasteiger partial charge in [-0.25, -0.2) is 0 Å². The van der Waals surface area contributed by atoms with Crippen molar-refractivity contribution in [2.75, 3.05) is 33.2 Å². The summed E-state index contributed by atoms with van der Waals surface area (Å²) in [5.41, 5.74) is 0.227. The van der Waals surface area contributed by atoms with Gasteiger partial charge in [-0.05, 0) is 64.6 Å². The van der Waals surface area contributed by atoms with Crippen molar-refractivity contribution in [2.45, 2.75) is 64.1 Å². The van der Waals surface area contributed by atoms with E-state index in [0.717, 1.165) is 19.0 Å². The highest BCUT2D eigenvalue weighted by Crippen LogP contribution is 2.40. The molecule has 1 saturated heterocycles. The van der Waals surface area contributed by atoms with Crippen LogP contribution in [0, 0.1) is 5.92 Å². The van der Waals surface area contributed by atoms with Gasteiger partial charge in [0, 0.05) is 13.1 Å². The van der Waals surface area contributed by atoms with E-state index in [0.29, 0.717) is 6.10 Å². The summed E-state index contributed by atoms with van der Waals surface area (Å²) >= 11 is 0. The second-order valence-electron chi connectivity index (χ2n) is 7.01. The third-order valence-electron chi connectivity index (χ3n) is 4.66. The minimum Gasteiger partial charge on any atom is -0.372 e. The zero-order valence-electron chi connectivity index (χ0n) is 13.1. The van der Waals surface area contributed by atoms with Crippen molar-refractivity contribution in [3.8, 4) is 0 Å². The summed E-state index contributed by atoms with van der Waals surface area (Å²) in [7, 11) is 2.21. The Balaban J connectivity index is 1.69. The van der Waals surface area contributed by atoms with Crippen LogP contribution in [0.3, 0.4) is 0 Å². The Labute approximate surface area is 119 Å². The molecule has 0 radical (unpaired) electrons. The van der Waals surface area contributed by atoms with Gasteiger partial charge in [-0.3, -0.25) is 0 Å². The lowest BCUT2D eigenvalue weighted by molar-refractivity contribution is -0.154. The normalized spacial score (nSPS) is 24.6. The first-order chi connectivity index (χ1) is 9.10. The van der Waals surface area contributed by atoms with Gasteiger partial charge in [-0.15, -0.1) is 0 Å². The average molecular weight is 268 g/mol. The smallest absolute Gasteiger partial charge is 0.0698 e. The highest BCUT2D eigenvalue weighted by molar-refractivity contribution is 4.92. The van der Waals surface area contributed by atoms with E-state index in [1.807, 2.05) is 0 Å². The Kier molecular flexibility index (Phi) is 5.67. The summed E-state index contributed by atoms with van der Waals surface area (Å²) in [6.45, 7) is 9.18. The maximum Gasteiger partial charge on any atom is 0.0698 e. The lowest BCUT2D eigenvalue weighted by Crippen LogP contribution is -2.47. The van der Waals surface area contributed by atoms with Gasteiger partial charge < -0.3 is 15.0 Å². The van der Waals surface area contributed by atoms with Gasteiger partial charge in [-0.2, -0.15) is 0 Å².